The summed E-state index contributed by atoms with van der Waals surface area (Å²) in [5.74, 6) is -0.122. The highest BCUT2D eigenvalue weighted by Gasteiger charge is 2.13. The van der Waals surface area contributed by atoms with Gasteiger partial charge in [-0.1, -0.05) is 6.08 Å². The summed E-state index contributed by atoms with van der Waals surface area (Å²) in [6.45, 7) is 0.690. The summed E-state index contributed by atoms with van der Waals surface area (Å²) in [6, 6.07) is 9.63. The van der Waals surface area contributed by atoms with Gasteiger partial charge < -0.3 is 14.8 Å². The zero-order valence-electron chi connectivity index (χ0n) is 18.6. The second-order valence-corrected chi connectivity index (χ2v) is 7.86. The fourth-order valence-electron chi connectivity index (χ4n) is 3.43. The molecule has 4 rings (SSSR count). The summed E-state index contributed by atoms with van der Waals surface area (Å²) in [4.78, 5) is 32.2. The zero-order valence-corrected chi connectivity index (χ0v) is 18.6. The predicted octanol–water partition coefficient (Wildman–Crippen LogP) is 3.64. The number of nitriles is 1. The fraction of sp³-hybridized carbons (Fsp3) is 0.160. The first-order chi connectivity index (χ1) is 16.0. The molecular formula is C25H23N7O. The minimum atomic E-state index is -0.122. The molecule has 1 amide bonds. The summed E-state index contributed by atoms with van der Waals surface area (Å²) in [5.41, 5.74) is 5.32. The third-order valence-corrected chi connectivity index (χ3v) is 5.22. The van der Waals surface area contributed by atoms with E-state index in [1.807, 2.05) is 49.5 Å². The van der Waals surface area contributed by atoms with E-state index in [4.69, 9.17) is 0 Å². The lowest BCUT2D eigenvalue weighted by atomic mass is 10.0. The number of amides is 1. The molecule has 0 aliphatic carbocycles. The third kappa shape index (κ3) is 4.79. The van der Waals surface area contributed by atoms with Crippen LogP contribution in [0.1, 0.15) is 5.69 Å². The van der Waals surface area contributed by atoms with Crippen LogP contribution in [-0.4, -0.2) is 58.4 Å². The van der Waals surface area contributed by atoms with E-state index in [-0.39, 0.29) is 5.91 Å². The summed E-state index contributed by atoms with van der Waals surface area (Å²) in [6.07, 6.45) is 12.1. The van der Waals surface area contributed by atoms with Crippen molar-refractivity contribution in [2.24, 2.45) is 0 Å². The molecule has 0 fully saturated rings. The number of aromatic nitrogens is 4. The standard InChI is InChI=1S/C25H23N7O/c1-31(2)8-4-5-24(33)32(3)21-10-18(13-27-15-21)19-11-22-23(16-30-25(22)29-14-19)17-6-7-28-20(9-17)12-26/h4-7,9-11,13-16H,8H2,1-3H3,(H,29,30)/b5-4+. The van der Waals surface area contributed by atoms with E-state index in [1.165, 1.54) is 0 Å². The minimum absolute atomic E-state index is 0.122. The van der Waals surface area contributed by atoms with Gasteiger partial charge in [-0.25, -0.2) is 9.97 Å². The quantitative estimate of drug-likeness (QED) is 0.462. The van der Waals surface area contributed by atoms with E-state index < -0.39 is 0 Å². The molecule has 0 spiro atoms. The molecule has 0 unspecified atom stereocenters. The molecule has 0 bridgehead atoms. The van der Waals surface area contributed by atoms with Gasteiger partial charge in [0.05, 0.1) is 11.9 Å². The maximum absolute atomic E-state index is 12.5. The Morgan fingerprint density at radius 3 is 2.70 bits per heavy atom. The van der Waals surface area contributed by atoms with Crippen molar-refractivity contribution < 1.29 is 4.79 Å². The average molecular weight is 438 g/mol. The van der Waals surface area contributed by atoms with Crippen LogP contribution < -0.4 is 4.90 Å². The zero-order chi connectivity index (χ0) is 23.4. The Kier molecular flexibility index (Phi) is 6.24. The van der Waals surface area contributed by atoms with Crippen molar-refractivity contribution in [1.82, 2.24) is 24.8 Å². The summed E-state index contributed by atoms with van der Waals surface area (Å²) < 4.78 is 0. The van der Waals surface area contributed by atoms with Crippen LogP contribution in [0.15, 0.2) is 67.4 Å². The van der Waals surface area contributed by atoms with Gasteiger partial charge in [-0.2, -0.15) is 5.26 Å². The van der Waals surface area contributed by atoms with Crippen molar-refractivity contribution in [3.63, 3.8) is 0 Å². The molecule has 4 heterocycles. The molecule has 0 aromatic carbocycles. The first kappa shape index (κ1) is 21.9. The van der Waals surface area contributed by atoms with Crippen molar-refractivity contribution in [3.8, 4) is 28.3 Å². The number of carbonyl (C=O) groups excluding carboxylic acids is 1. The number of hydrogen-bond acceptors (Lipinski definition) is 6. The van der Waals surface area contributed by atoms with Gasteiger partial charge in [0.15, 0.2) is 0 Å². The Morgan fingerprint density at radius 1 is 1.09 bits per heavy atom. The van der Waals surface area contributed by atoms with Gasteiger partial charge in [0, 0.05) is 66.5 Å². The molecule has 4 aromatic heterocycles. The molecule has 0 aliphatic heterocycles. The molecular weight excluding hydrogens is 414 g/mol. The highest BCUT2D eigenvalue weighted by atomic mass is 16.2. The van der Waals surface area contributed by atoms with Crippen LogP contribution in [0.25, 0.3) is 33.3 Å². The number of likely N-dealkylation sites (N-methyl/N-ethyl adjacent to an activating group) is 2. The molecule has 33 heavy (non-hydrogen) atoms. The van der Waals surface area contributed by atoms with Crippen molar-refractivity contribution in [3.05, 3.63) is 73.1 Å². The molecule has 0 radical (unpaired) electrons. The number of pyridine rings is 3. The van der Waals surface area contributed by atoms with Gasteiger partial charge in [-0.15, -0.1) is 0 Å². The molecule has 164 valence electrons. The van der Waals surface area contributed by atoms with Crippen molar-refractivity contribution >= 4 is 22.6 Å². The van der Waals surface area contributed by atoms with Crippen molar-refractivity contribution in [2.75, 3.05) is 32.6 Å². The highest BCUT2D eigenvalue weighted by Crippen LogP contribution is 2.31. The average Bonchev–Trinajstić information content (AvgIpc) is 3.26. The Bertz CT molecular complexity index is 1380. The molecule has 0 saturated carbocycles. The molecule has 4 aromatic rings. The van der Waals surface area contributed by atoms with Crippen molar-refractivity contribution in [1.29, 1.82) is 5.26 Å². The number of rotatable bonds is 6. The Balaban J connectivity index is 1.66. The molecule has 0 aliphatic rings. The lowest BCUT2D eigenvalue weighted by Gasteiger charge is -2.16. The number of H-pyrrole nitrogens is 1. The van der Waals surface area contributed by atoms with Gasteiger partial charge in [0.2, 0.25) is 5.91 Å². The topological polar surface area (TPSA) is 102 Å². The van der Waals surface area contributed by atoms with Gasteiger partial charge in [-0.3, -0.25) is 9.78 Å². The van der Waals surface area contributed by atoms with Crippen LogP contribution in [-0.2, 0) is 4.79 Å². The van der Waals surface area contributed by atoms with Crippen LogP contribution in [0.4, 0.5) is 5.69 Å². The number of anilines is 1. The number of fused-ring (bicyclic) bond motifs is 1. The SMILES string of the molecule is CN(C)C/C=C/C(=O)N(C)c1cncc(-c2cnc3[nH]cc(-c4ccnc(C#N)c4)c3c2)c1. The second-order valence-electron chi connectivity index (χ2n) is 7.86. The van der Waals surface area contributed by atoms with Crippen LogP contribution in [0, 0.1) is 11.3 Å². The number of hydrogen-bond donors (Lipinski definition) is 1. The minimum Gasteiger partial charge on any atom is -0.346 e. The lowest BCUT2D eigenvalue weighted by molar-refractivity contribution is -0.113. The van der Waals surface area contributed by atoms with Gasteiger partial charge in [0.25, 0.3) is 0 Å². The Hall–Kier alpha value is -4.35. The molecule has 8 heteroatoms. The number of aromatic amines is 1. The number of carbonyl (C=O) groups is 1. The maximum Gasteiger partial charge on any atom is 0.250 e. The molecule has 0 atom stereocenters. The van der Waals surface area contributed by atoms with E-state index in [9.17, 15) is 10.1 Å². The number of nitrogens with one attached hydrogen (secondary N) is 1. The van der Waals surface area contributed by atoms with E-state index >= 15 is 0 Å². The predicted molar refractivity (Wildman–Crippen MR) is 128 cm³/mol. The van der Waals surface area contributed by atoms with Crippen LogP contribution in [0.2, 0.25) is 0 Å². The molecule has 8 nitrogen and oxygen atoms in total. The monoisotopic (exact) mass is 437 g/mol. The molecule has 0 saturated heterocycles. The fourth-order valence-corrected chi connectivity index (χ4v) is 3.43. The first-order valence-electron chi connectivity index (χ1n) is 10.3. The Labute approximate surface area is 191 Å². The first-order valence-corrected chi connectivity index (χ1v) is 10.3. The summed E-state index contributed by atoms with van der Waals surface area (Å²) >= 11 is 0. The van der Waals surface area contributed by atoms with E-state index in [0.717, 1.165) is 33.3 Å². The van der Waals surface area contributed by atoms with Gasteiger partial charge in [0.1, 0.15) is 17.4 Å². The number of nitrogens with zero attached hydrogens (tertiary/aromatic N) is 6. The van der Waals surface area contributed by atoms with E-state index in [2.05, 4.69) is 26.0 Å². The smallest absolute Gasteiger partial charge is 0.250 e. The van der Waals surface area contributed by atoms with Crippen LogP contribution >= 0.6 is 0 Å². The van der Waals surface area contributed by atoms with Gasteiger partial charge in [-0.05, 0) is 43.9 Å². The van der Waals surface area contributed by atoms with Crippen LogP contribution in [0.3, 0.4) is 0 Å². The largest absolute Gasteiger partial charge is 0.346 e. The highest BCUT2D eigenvalue weighted by molar-refractivity contribution is 6.01. The Morgan fingerprint density at radius 2 is 1.91 bits per heavy atom. The van der Waals surface area contributed by atoms with E-state index in [0.29, 0.717) is 17.9 Å². The normalized spacial score (nSPS) is 11.2. The summed E-state index contributed by atoms with van der Waals surface area (Å²) in [5, 5.41) is 10.1. The third-order valence-electron chi connectivity index (χ3n) is 5.22. The lowest BCUT2D eigenvalue weighted by Crippen LogP contribution is -2.24. The van der Waals surface area contributed by atoms with Crippen molar-refractivity contribution in [2.45, 2.75) is 0 Å². The maximum atomic E-state index is 12.5. The second kappa shape index (κ2) is 9.42. The summed E-state index contributed by atoms with van der Waals surface area (Å²) in [7, 11) is 5.62. The molecule has 1 N–H and O–H groups in total. The van der Waals surface area contributed by atoms with Gasteiger partial charge >= 0.3 is 0 Å². The van der Waals surface area contributed by atoms with E-state index in [1.54, 1.807) is 48.9 Å². The van der Waals surface area contributed by atoms with Crippen LogP contribution in [0.5, 0.6) is 0 Å².